The van der Waals surface area contributed by atoms with Crippen molar-refractivity contribution in [1.29, 1.82) is 0 Å². The first-order chi connectivity index (χ1) is 40.7. The van der Waals surface area contributed by atoms with Gasteiger partial charge in [-0.05, 0) is 186 Å². The van der Waals surface area contributed by atoms with E-state index in [0.717, 1.165) is 67.9 Å². The fourth-order valence-electron chi connectivity index (χ4n) is 9.53. The first kappa shape index (κ1) is 68.0. The molecule has 0 aliphatic rings. The number of likely N-dealkylation sites (N-methyl/N-ethyl adjacent to an activating group) is 4. The molecule has 0 saturated heterocycles. The van der Waals surface area contributed by atoms with Crippen LogP contribution in [0.15, 0.2) is 188 Å². The normalized spacial score (nSPS) is 12.2. The van der Waals surface area contributed by atoms with Crippen LogP contribution in [-0.4, -0.2) is 81.8 Å². The van der Waals surface area contributed by atoms with E-state index in [9.17, 15) is 23.2 Å². The average molecular weight is 1170 g/mol. The quantitative estimate of drug-likeness (QED) is 0.0492. The van der Waals surface area contributed by atoms with E-state index in [1.54, 1.807) is 66.2 Å². The molecule has 0 fully saturated rings. The number of pyridine rings is 1. The molecule has 0 aliphatic carbocycles. The lowest BCUT2D eigenvalue weighted by Crippen LogP contribution is -2.34. The van der Waals surface area contributed by atoms with Gasteiger partial charge in [0.05, 0.1) is 36.0 Å². The largest absolute Gasteiger partial charge is 0.496 e. The molecular formula is C73H84ClF2N5O4. The fraction of sp³-hybridized carbons (Fsp3) is 0.288. The number of carbonyl (C=O) groups is 3. The van der Waals surface area contributed by atoms with Crippen LogP contribution in [0.3, 0.4) is 0 Å². The summed E-state index contributed by atoms with van der Waals surface area (Å²) in [6.07, 6.45) is 4.89. The molecule has 0 unspecified atom stereocenters. The van der Waals surface area contributed by atoms with Crippen LogP contribution in [0.5, 0.6) is 5.75 Å². The van der Waals surface area contributed by atoms with Gasteiger partial charge in [-0.2, -0.15) is 0 Å². The molecule has 0 radical (unpaired) electrons. The monoisotopic (exact) mass is 1170 g/mol. The van der Waals surface area contributed by atoms with Gasteiger partial charge in [-0.3, -0.25) is 19.4 Å². The Bertz CT molecular complexity index is 3310. The van der Waals surface area contributed by atoms with Gasteiger partial charge in [0.25, 0.3) is 0 Å². The van der Waals surface area contributed by atoms with Gasteiger partial charge in [0.2, 0.25) is 0 Å². The van der Waals surface area contributed by atoms with Crippen molar-refractivity contribution >= 4 is 29.0 Å². The first-order valence-electron chi connectivity index (χ1n) is 28.7. The average Bonchev–Trinajstić information content (AvgIpc) is 3.71. The molecule has 8 aromatic rings. The molecule has 7 aromatic carbocycles. The van der Waals surface area contributed by atoms with Crippen LogP contribution >= 0.6 is 11.6 Å². The lowest BCUT2D eigenvalue weighted by molar-refractivity contribution is -0.119. The second-order valence-corrected chi connectivity index (χ2v) is 21.9. The third kappa shape index (κ3) is 20.8. The molecule has 4 atom stereocenters. The molecule has 0 bridgehead atoms. The number of aryl methyl sites for hydroxylation is 1. The Hall–Kier alpha value is -7.77. The predicted octanol–water partition coefficient (Wildman–Crippen LogP) is 15.0. The van der Waals surface area contributed by atoms with Crippen LogP contribution in [0, 0.1) is 18.6 Å². The van der Waals surface area contributed by atoms with Crippen molar-refractivity contribution in [3.05, 3.63) is 238 Å². The Kier molecular flexibility index (Phi) is 27.4. The zero-order valence-electron chi connectivity index (χ0n) is 51.4. The van der Waals surface area contributed by atoms with Crippen molar-refractivity contribution in [3.63, 3.8) is 0 Å². The molecule has 0 spiro atoms. The number of Topliss-reactive ketones (excluding diaryl/α,β-unsaturated/α-hetero) is 3. The third-order valence-corrected chi connectivity index (χ3v) is 15.3. The minimum atomic E-state index is -0.421. The summed E-state index contributed by atoms with van der Waals surface area (Å²) >= 11 is 5.80. The predicted molar refractivity (Wildman–Crippen MR) is 349 cm³/mol. The summed E-state index contributed by atoms with van der Waals surface area (Å²) < 4.78 is 32.4. The number of carbonyl (C=O) groups excluding carboxylic acids is 3. The molecular weight excluding hydrogens is 1080 g/mol. The van der Waals surface area contributed by atoms with Gasteiger partial charge in [-0.1, -0.05) is 171 Å². The van der Waals surface area contributed by atoms with Crippen LogP contribution in [0.2, 0.25) is 5.02 Å². The number of ketones is 3. The molecule has 12 heteroatoms. The Morgan fingerprint density at radius 2 is 0.941 bits per heavy atom. The molecule has 0 aliphatic heterocycles. The lowest BCUT2D eigenvalue weighted by atomic mass is 9.95. The topological polar surface area (TPSA) is 121 Å². The minimum absolute atomic E-state index is 0.114. The highest BCUT2D eigenvalue weighted by Gasteiger charge is 2.17. The van der Waals surface area contributed by atoms with Gasteiger partial charge in [-0.25, -0.2) is 8.78 Å². The summed E-state index contributed by atoms with van der Waals surface area (Å²) in [6.45, 7) is 17.3. The molecule has 446 valence electrons. The SMILES string of the molecule is C=C(C)[C@H](Cc1ccc(-c2ccccc2C)nc1)NC.CN[C@@H](Cc1ccc(-c2cc(C(C)C)ccc2OC)cc1)C(C)=O.CN[C@@H](Cc1ccc(-c2ccc(F)c(Cl)c2)cc1)C(C)=O.CN[C@@H](Cc1ccc(-c2ccccc2F)cc1)C(C)=O. The van der Waals surface area contributed by atoms with Crippen molar-refractivity contribution in [2.24, 2.45) is 0 Å². The van der Waals surface area contributed by atoms with Crippen molar-refractivity contribution in [2.75, 3.05) is 35.3 Å². The molecule has 1 heterocycles. The Morgan fingerprint density at radius 1 is 0.506 bits per heavy atom. The number of aromatic nitrogens is 1. The van der Waals surface area contributed by atoms with E-state index >= 15 is 0 Å². The number of nitrogens with zero attached hydrogens (tertiary/aromatic N) is 1. The summed E-state index contributed by atoms with van der Waals surface area (Å²) in [7, 11) is 9.05. The van der Waals surface area contributed by atoms with Gasteiger partial charge in [0.15, 0.2) is 0 Å². The van der Waals surface area contributed by atoms with E-state index < -0.39 is 5.82 Å². The first-order valence-corrected chi connectivity index (χ1v) is 29.1. The van der Waals surface area contributed by atoms with Crippen LogP contribution < -0.4 is 26.0 Å². The summed E-state index contributed by atoms with van der Waals surface area (Å²) in [4.78, 5) is 39.0. The maximum absolute atomic E-state index is 13.7. The van der Waals surface area contributed by atoms with E-state index in [-0.39, 0.29) is 46.3 Å². The summed E-state index contributed by atoms with van der Waals surface area (Å²) in [5.74, 6) is 1.10. The Morgan fingerprint density at radius 3 is 1.35 bits per heavy atom. The summed E-state index contributed by atoms with van der Waals surface area (Å²) in [5, 5.41) is 12.5. The maximum atomic E-state index is 13.7. The lowest BCUT2D eigenvalue weighted by Gasteiger charge is -2.16. The van der Waals surface area contributed by atoms with Crippen LogP contribution in [0.25, 0.3) is 44.6 Å². The van der Waals surface area contributed by atoms with Gasteiger partial charge >= 0.3 is 0 Å². The Labute approximate surface area is 508 Å². The van der Waals surface area contributed by atoms with Gasteiger partial charge < -0.3 is 26.0 Å². The second kappa shape index (κ2) is 34.3. The maximum Gasteiger partial charge on any atom is 0.147 e. The molecule has 1 aromatic heterocycles. The highest BCUT2D eigenvalue weighted by Crippen LogP contribution is 2.34. The summed E-state index contributed by atoms with van der Waals surface area (Å²) in [6, 6.07) is 54.0. The van der Waals surface area contributed by atoms with Crippen molar-refractivity contribution in [2.45, 2.75) is 104 Å². The van der Waals surface area contributed by atoms with Crippen molar-refractivity contribution in [3.8, 4) is 50.4 Å². The van der Waals surface area contributed by atoms with Gasteiger partial charge in [0.1, 0.15) is 34.7 Å². The third-order valence-electron chi connectivity index (χ3n) is 15.0. The Balaban J connectivity index is 0.000000208. The minimum Gasteiger partial charge on any atom is -0.496 e. The zero-order chi connectivity index (χ0) is 62.2. The molecule has 4 N–H and O–H groups in total. The number of nitrogens with one attached hydrogen (secondary N) is 4. The van der Waals surface area contributed by atoms with E-state index in [4.69, 9.17) is 16.3 Å². The fourth-order valence-corrected chi connectivity index (χ4v) is 9.71. The molecule has 85 heavy (non-hydrogen) atoms. The van der Waals surface area contributed by atoms with Gasteiger partial charge in [-0.15, -0.1) is 0 Å². The van der Waals surface area contributed by atoms with E-state index in [2.05, 4.69) is 133 Å². The van der Waals surface area contributed by atoms with E-state index in [1.807, 2.05) is 81.0 Å². The highest BCUT2D eigenvalue weighted by molar-refractivity contribution is 6.31. The highest BCUT2D eigenvalue weighted by atomic mass is 35.5. The van der Waals surface area contributed by atoms with Crippen molar-refractivity contribution < 1.29 is 27.9 Å². The standard InChI is InChI=1S/C21H27NO2.C18H22N2.C17H17ClFNO.C17H18FNO/c1-14(2)18-10-11-21(24-5)19(13-18)17-8-6-16(7-9-17)12-20(22-4)15(3)23;1-13(2)18(19-4)11-15-9-10-17(20-12-15)16-8-6-5-7-14(16)3;1-11(21)17(20-2)9-12-3-5-13(6-4-12)14-7-8-16(19)15(18)10-14;1-12(20)17(19-2)11-13-7-9-14(10-8-13)15-5-3-4-6-16(15)18/h6-11,13-14,20,22H,12H2,1-5H3;5-10,12,18-19H,1,11H2,2-4H3;3-8,10,17,20H,9H2,1-2H3;3-10,17,19H,11H2,1-2H3/t20-;18-;2*17-/m0000/s1. The number of rotatable bonds is 22. The summed E-state index contributed by atoms with van der Waals surface area (Å²) in [5.41, 5.74) is 15.9. The van der Waals surface area contributed by atoms with Crippen LogP contribution in [0.1, 0.15) is 80.8 Å². The van der Waals surface area contributed by atoms with Crippen molar-refractivity contribution in [1.82, 2.24) is 26.3 Å². The number of halogens is 3. The van der Waals surface area contributed by atoms with Crippen LogP contribution in [-0.2, 0) is 40.1 Å². The molecule has 9 nitrogen and oxygen atoms in total. The smallest absolute Gasteiger partial charge is 0.147 e. The van der Waals surface area contributed by atoms with E-state index in [0.29, 0.717) is 36.8 Å². The number of hydrogen-bond donors (Lipinski definition) is 4. The molecule has 0 saturated carbocycles. The molecule has 8 rings (SSSR count). The number of hydrogen-bond acceptors (Lipinski definition) is 9. The number of benzene rings is 7. The van der Waals surface area contributed by atoms with Gasteiger partial charge in [0, 0.05) is 28.9 Å². The molecule has 0 amide bonds. The number of methoxy groups -OCH3 is 1. The second-order valence-electron chi connectivity index (χ2n) is 21.5. The van der Waals surface area contributed by atoms with E-state index in [1.165, 1.54) is 34.4 Å². The number of ether oxygens (including phenoxy) is 1. The zero-order valence-corrected chi connectivity index (χ0v) is 52.1. The van der Waals surface area contributed by atoms with Crippen LogP contribution in [0.4, 0.5) is 8.78 Å².